The lowest BCUT2D eigenvalue weighted by atomic mass is 9.73. The minimum Gasteiger partial charge on any atom is -0.497 e. The number of piperidine rings is 1. The van der Waals surface area contributed by atoms with Gasteiger partial charge in [0.05, 0.1) is 12.5 Å². The molecular formula is C21H22N2O4. The molecule has 0 aromatic heterocycles. The van der Waals surface area contributed by atoms with E-state index in [-0.39, 0.29) is 18.4 Å². The third-order valence-corrected chi connectivity index (χ3v) is 5.52. The maximum atomic E-state index is 12.6. The summed E-state index contributed by atoms with van der Waals surface area (Å²) in [4.78, 5) is 26.9. The number of nitrogens with one attached hydrogen (secondary N) is 1. The van der Waals surface area contributed by atoms with Gasteiger partial charge in [0.1, 0.15) is 11.5 Å². The molecule has 0 atom stereocenters. The van der Waals surface area contributed by atoms with Gasteiger partial charge in [-0.2, -0.15) is 0 Å². The lowest BCUT2D eigenvalue weighted by molar-refractivity contribution is -0.137. The van der Waals surface area contributed by atoms with E-state index < -0.39 is 5.41 Å². The van der Waals surface area contributed by atoms with Gasteiger partial charge in [-0.15, -0.1) is 0 Å². The second kappa shape index (κ2) is 6.95. The van der Waals surface area contributed by atoms with Crippen molar-refractivity contribution in [2.24, 2.45) is 0 Å². The highest BCUT2D eigenvalue weighted by atomic mass is 16.5. The predicted molar refractivity (Wildman–Crippen MR) is 101 cm³/mol. The van der Waals surface area contributed by atoms with E-state index in [4.69, 9.17) is 9.47 Å². The molecule has 0 unspecified atom stereocenters. The Bertz CT molecular complexity index is 855. The number of carbonyl (C=O) groups excluding carboxylic acids is 2. The monoisotopic (exact) mass is 366 g/mol. The zero-order valence-corrected chi connectivity index (χ0v) is 15.2. The van der Waals surface area contributed by atoms with Gasteiger partial charge in [0.25, 0.3) is 5.91 Å². The van der Waals surface area contributed by atoms with Crippen LogP contribution in [0.4, 0.5) is 5.69 Å². The van der Waals surface area contributed by atoms with Crippen molar-refractivity contribution in [3.63, 3.8) is 0 Å². The Morgan fingerprint density at radius 2 is 1.74 bits per heavy atom. The van der Waals surface area contributed by atoms with Gasteiger partial charge in [0, 0.05) is 18.8 Å². The van der Waals surface area contributed by atoms with Gasteiger partial charge in [0.15, 0.2) is 6.61 Å². The second-order valence-corrected chi connectivity index (χ2v) is 6.93. The molecule has 2 aliphatic rings. The third kappa shape index (κ3) is 3.12. The summed E-state index contributed by atoms with van der Waals surface area (Å²) in [6.45, 7) is 1.08. The Labute approximate surface area is 158 Å². The SMILES string of the molecule is COc1ccc(OCC(=O)N2CCC3(CC2)C(=O)Nc2ccccc23)cc1. The normalized spacial score (nSPS) is 17.4. The van der Waals surface area contributed by atoms with Gasteiger partial charge in [-0.25, -0.2) is 0 Å². The number of amides is 2. The average Bonchev–Trinajstić information content (AvgIpc) is 2.98. The number of carbonyl (C=O) groups is 2. The van der Waals surface area contributed by atoms with Crippen molar-refractivity contribution in [1.29, 1.82) is 0 Å². The van der Waals surface area contributed by atoms with Crippen molar-refractivity contribution in [2.75, 3.05) is 32.1 Å². The zero-order valence-electron chi connectivity index (χ0n) is 15.2. The van der Waals surface area contributed by atoms with Crippen LogP contribution in [-0.2, 0) is 15.0 Å². The Balaban J connectivity index is 1.36. The van der Waals surface area contributed by atoms with E-state index in [1.165, 1.54) is 0 Å². The second-order valence-electron chi connectivity index (χ2n) is 6.93. The summed E-state index contributed by atoms with van der Waals surface area (Å²) in [5.41, 5.74) is 1.44. The Morgan fingerprint density at radius 1 is 1.07 bits per heavy atom. The molecule has 1 spiro atoms. The summed E-state index contributed by atoms with van der Waals surface area (Å²) in [6.07, 6.45) is 1.26. The quantitative estimate of drug-likeness (QED) is 0.903. The molecule has 0 aliphatic carbocycles. The lowest BCUT2D eigenvalue weighted by Gasteiger charge is -2.37. The molecule has 6 nitrogen and oxygen atoms in total. The molecular weight excluding hydrogens is 344 g/mol. The van der Waals surface area contributed by atoms with E-state index in [0.717, 1.165) is 17.0 Å². The number of hydrogen-bond donors (Lipinski definition) is 1. The van der Waals surface area contributed by atoms with Crippen LogP contribution >= 0.6 is 0 Å². The maximum Gasteiger partial charge on any atom is 0.260 e. The van der Waals surface area contributed by atoms with E-state index in [1.807, 2.05) is 24.3 Å². The van der Waals surface area contributed by atoms with E-state index in [1.54, 1.807) is 36.3 Å². The molecule has 2 aliphatic heterocycles. The number of methoxy groups -OCH3 is 1. The first-order chi connectivity index (χ1) is 13.1. The van der Waals surface area contributed by atoms with Crippen LogP contribution in [0.15, 0.2) is 48.5 Å². The molecule has 2 aromatic rings. The molecule has 6 heteroatoms. The van der Waals surface area contributed by atoms with Crippen LogP contribution in [0.2, 0.25) is 0 Å². The number of rotatable bonds is 4. The van der Waals surface area contributed by atoms with Crippen LogP contribution in [0.25, 0.3) is 0 Å². The third-order valence-electron chi connectivity index (χ3n) is 5.52. The number of ether oxygens (including phenoxy) is 2. The summed E-state index contributed by atoms with van der Waals surface area (Å²) in [6, 6.07) is 15.0. The maximum absolute atomic E-state index is 12.6. The molecule has 27 heavy (non-hydrogen) atoms. The van der Waals surface area contributed by atoms with Crippen LogP contribution in [0.5, 0.6) is 11.5 Å². The average molecular weight is 366 g/mol. The van der Waals surface area contributed by atoms with Crippen molar-refractivity contribution in [1.82, 2.24) is 4.90 Å². The number of nitrogens with zero attached hydrogens (tertiary/aromatic N) is 1. The summed E-state index contributed by atoms with van der Waals surface area (Å²) < 4.78 is 10.7. The van der Waals surface area contributed by atoms with Gasteiger partial charge in [0.2, 0.25) is 5.91 Å². The van der Waals surface area contributed by atoms with Gasteiger partial charge < -0.3 is 19.7 Å². The molecule has 2 amide bonds. The fourth-order valence-electron chi connectivity index (χ4n) is 3.92. The molecule has 2 aromatic carbocycles. The number of fused-ring (bicyclic) bond motifs is 2. The fraction of sp³-hybridized carbons (Fsp3) is 0.333. The van der Waals surface area contributed by atoms with Crippen LogP contribution in [0.3, 0.4) is 0 Å². The summed E-state index contributed by atoms with van der Waals surface area (Å²) in [7, 11) is 1.60. The Hall–Kier alpha value is -3.02. The summed E-state index contributed by atoms with van der Waals surface area (Å²) in [5, 5.41) is 2.98. The minimum absolute atomic E-state index is 0.0118. The molecule has 1 saturated heterocycles. The fourth-order valence-corrected chi connectivity index (χ4v) is 3.92. The summed E-state index contributed by atoms with van der Waals surface area (Å²) >= 11 is 0. The summed E-state index contributed by atoms with van der Waals surface area (Å²) in [5.74, 6) is 1.35. The van der Waals surface area contributed by atoms with Crippen LogP contribution in [-0.4, -0.2) is 43.5 Å². The smallest absolute Gasteiger partial charge is 0.260 e. The van der Waals surface area contributed by atoms with Crippen LogP contribution in [0, 0.1) is 0 Å². The first-order valence-corrected chi connectivity index (χ1v) is 9.08. The molecule has 140 valence electrons. The first-order valence-electron chi connectivity index (χ1n) is 9.08. The van der Waals surface area contributed by atoms with Gasteiger partial charge in [-0.05, 0) is 48.7 Å². The van der Waals surface area contributed by atoms with Gasteiger partial charge >= 0.3 is 0 Å². The van der Waals surface area contributed by atoms with Gasteiger partial charge in [-0.1, -0.05) is 18.2 Å². The molecule has 0 bridgehead atoms. The highest BCUT2D eigenvalue weighted by molar-refractivity contribution is 6.06. The molecule has 0 radical (unpaired) electrons. The molecule has 4 rings (SSSR count). The predicted octanol–water partition coefficient (Wildman–Crippen LogP) is 2.59. The van der Waals surface area contributed by atoms with Crippen LogP contribution in [0.1, 0.15) is 18.4 Å². The van der Waals surface area contributed by atoms with Crippen molar-refractivity contribution in [2.45, 2.75) is 18.3 Å². The lowest BCUT2D eigenvalue weighted by Crippen LogP contribution is -2.49. The largest absolute Gasteiger partial charge is 0.497 e. The molecule has 1 fully saturated rings. The topological polar surface area (TPSA) is 67.9 Å². The molecule has 1 N–H and O–H groups in total. The van der Waals surface area contributed by atoms with Crippen molar-refractivity contribution >= 4 is 17.5 Å². The van der Waals surface area contributed by atoms with E-state index in [9.17, 15) is 9.59 Å². The van der Waals surface area contributed by atoms with Crippen molar-refractivity contribution < 1.29 is 19.1 Å². The standard InChI is InChI=1S/C21H22N2O4/c1-26-15-6-8-16(9-7-15)27-14-19(24)23-12-10-21(11-13-23)17-4-2-3-5-18(17)22-20(21)25/h2-9H,10-14H2,1H3,(H,22,25). The Morgan fingerprint density at radius 3 is 2.44 bits per heavy atom. The number of benzene rings is 2. The van der Waals surface area contributed by atoms with Crippen molar-refractivity contribution in [3.05, 3.63) is 54.1 Å². The first kappa shape index (κ1) is 17.4. The number of anilines is 1. The zero-order chi connectivity index (χ0) is 18.9. The van der Waals surface area contributed by atoms with Gasteiger partial charge in [-0.3, -0.25) is 9.59 Å². The molecule has 0 saturated carbocycles. The number of likely N-dealkylation sites (tertiary alicyclic amines) is 1. The van der Waals surface area contributed by atoms with E-state index in [2.05, 4.69) is 5.32 Å². The Kier molecular flexibility index (Phi) is 4.48. The highest BCUT2D eigenvalue weighted by Gasteiger charge is 2.48. The highest BCUT2D eigenvalue weighted by Crippen LogP contribution is 2.44. The van der Waals surface area contributed by atoms with Crippen LogP contribution < -0.4 is 14.8 Å². The van der Waals surface area contributed by atoms with E-state index in [0.29, 0.717) is 31.7 Å². The molecule has 2 heterocycles. The van der Waals surface area contributed by atoms with E-state index >= 15 is 0 Å². The number of para-hydroxylation sites is 1. The minimum atomic E-state index is -0.510. The number of hydrogen-bond acceptors (Lipinski definition) is 4. The van der Waals surface area contributed by atoms with Crippen molar-refractivity contribution in [3.8, 4) is 11.5 Å².